The van der Waals surface area contributed by atoms with Crippen molar-refractivity contribution in [3.8, 4) is 0 Å². The van der Waals surface area contributed by atoms with Gasteiger partial charge >= 0.3 is 0 Å². The Labute approximate surface area is 105 Å². The van der Waals surface area contributed by atoms with Crippen LogP contribution in [0.4, 0.5) is 0 Å². The average Bonchev–Trinajstić information content (AvgIpc) is 2.96. The van der Waals surface area contributed by atoms with Crippen LogP contribution in [0.2, 0.25) is 0 Å². The van der Waals surface area contributed by atoms with E-state index in [1.165, 1.54) is 18.6 Å². The second kappa shape index (κ2) is 4.57. The number of rotatable bonds is 2. The lowest BCUT2D eigenvalue weighted by atomic mass is 10.2. The summed E-state index contributed by atoms with van der Waals surface area (Å²) < 4.78 is 1.80. The van der Waals surface area contributed by atoms with E-state index >= 15 is 0 Å². The fraction of sp³-hybridized carbons (Fsp3) is 0.357. The number of para-hydroxylation sites is 1. The Morgan fingerprint density at radius 1 is 1.35 bits per heavy atom. The maximum Gasteiger partial charge on any atom is 0.232 e. The van der Waals surface area contributed by atoms with Crippen LogP contribution in [0.5, 0.6) is 0 Å². The molecule has 0 amide bonds. The number of thioether (sulfide) groups is 1. The number of carbonyl (C=O) groups excluding carboxylic acids is 1. The summed E-state index contributed by atoms with van der Waals surface area (Å²) in [5.41, 5.74) is 1.03. The number of carbonyl (C=O) groups is 1. The normalized spacial score (nSPS) is 19.9. The molecule has 88 valence electrons. The zero-order valence-electron chi connectivity index (χ0n) is 9.63. The van der Waals surface area contributed by atoms with Gasteiger partial charge in [0.05, 0.1) is 5.52 Å². The first kappa shape index (κ1) is 10.9. The number of hydrogen-bond acceptors (Lipinski definition) is 2. The second-order valence-electron chi connectivity index (χ2n) is 4.48. The van der Waals surface area contributed by atoms with Gasteiger partial charge in [-0.05, 0) is 30.7 Å². The van der Waals surface area contributed by atoms with E-state index in [2.05, 4.69) is 0 Å². The van der Waals surface area contributed by atoms with Crippen molar-refractivity contribution in [3.05, 3.63) is 36.5 Å². The first-order valence-corrected chi connectivity index (χ1v) is 7.10. The number of aromatic nitrogens is 1. The molecule has 2 nitrogen and oxygen atoms in total. The Hall–Kier alpha value is -1.22. The van der Waals surface area contributed by atoms with Crippen molar-refractivity contribution >= 4 is 28.6 Å². The molecule has 1 atom stereocenters. The lowest BCUT2D eigenvalue weighted by molar-refractivity contribution is 0.0907. The summed E-state index contributed by atoms with van der Waals surface area (Å²) in [5, 5.41) is 1.67. The van der Waals surface area contributed by atoms with Gasteiger partial charge in [-0.1, -0.05) is 18.2 Å². The summed E-state index contributed by atoms with van der Waals surface area (Å²) in [4.78, 5) is 12.2. The van der Waals surface area contributed by atoms with Crippen LogP contribution in [-0.4, -0.2) is 21.5 Å². The van der Waals surface area contributed by atoms with Crippen LogP contribution >= 0.6 is 11.8 Å². The molecule has 0 bridgehead atoms. The Morgan fingerprint density at radius 2 is 2.24 bits per heavy atom. The summed E-state index contributed by atoms with van der Waals surface area (Å²) in [6, 6.07) is 10.0. The largest absolute Gasteiger partial charge is 0.287 e. The van der Waals surface area contributed by atoms with E-state index in [9.17, 15) is 4.79 Å². The topological polar surface area (TPSA) is 22.0 Å². The van der Waals surface area contributed by atoms with Gasteiger partial charge in [-0.2, -0.15) is 11.8 Å². The predicted octanol–water partition coefficient (Wildman–Crippen LogP) is 3.57. The van der Waals surface area contributed by atoms with Crippen LogP contribution in [0.25, 0.3) is 10.9 Å². The number of benzene rings is 1. The third-order valence-corrected chi connectivity index (χ3v) is 4.69. The number of hydrogen-bond donors (Lipinski definition) is 0. The molecule has 1 aromatic heterocycles. The molecule has 0 aliphatic carbocycles. The van der Waals surface area contributed by atoms with Gasteiger partial charge < -0.3 is 0 Å². The van der Waals surface area contributed by atoms with Crippen molar-refractivity contribution in [2.45, 2.75) is 24.5 Å². The highest BCUT2D eigenvalue weighted by Gasteiger charge is 2.20. The van der Waals surface area contributed by atoms with E-state index in [4.69, 9.17) is 0 Å². The van der Waals surface area contributed by atoms with E-state index in [0.717, 1.165) is 10.9 Å². The van der Waals surface area contributed by atoms with Crippen LogP contribution < -0.4 is 0 Å². The molecule has 0 spiro atoms. The van der Waals surface area contributed by atoms with Crippen LogP contribution in [0.3, 0.4) is 0 Å². The van der Waals surface area contributed by atoms with Crippen LogP contribution in [0.1, 0.15) is 24.1 Å². The zero-order chi connectivity index (χ0) is 11.7. The number of fused-ring (bicyclic) bond motifs is 1. The van der Waals surface area contributed by atoms with Crippen molar-refractivity contribution in [3.63, 3.8) is 0 Å². The molecule has 1 unspecified atom stereocenters. The van der Waals surface area contributed by atoms with Gasteiger partial charge in [-0.3, -0.25) is 9.36 Å². The molecule has 1 fully saturated rings. The third kappa shape index (κ3) is 2.12. The Balaban J connectivity index is 1.85. The molecular formula is C14H15NOS. The SMILES string of the molecule is O=C(CC1CCCS1)n1ccc2ccccc21. The highest BCUT2D eigenvalue weighted by atomic mass is 32.2. The molecule has 0 N–H and O–H groups in total. The van der Waals surface area contributed by atoms with Crippen molar-refractivity contribution in [2.75, 3.05) is 5.75 Å². The highest BCUT2D eigenvalue weighted by molar-refractivity contribution is 8.00. The molecule has 0 radical (unpaired) electrons. The van der Waals surface area contributed by atoms with E-state index in [-0.39, 0.29) is 5.91 Å². The molecule has 0 saturated carbocycles. The Bertz CT molecular complexity index is 540. The summed E-state index contributed by atoms with van der Waals surface area (Å²) in [5.74, 6) is 1.44. The van der Waals surface area contributed by atoms with Crippen molar-refractivity contribution in [1.82, 2.24) is 4.57 Å². The van der Waals surface area contributed by atoms with Crippen LogP contribution in [0.15, 0.2) is 36.5 Å². The average molecular weight is 245 g/mol. The second-order valence-corrected chi connectivity index (χ2v) is 5.89. The highest BCUT2D eigenvalue weighted by Crippen LogP contribution is 2.29. The fourth-order valence-electron chi connectivity index (χ4n) is 2.40. The summed E-state index contributed by atoms with van der Waals surface area (Å²) in [6.07, 6.45) is 5.01. The summed E-state index contributed by atoms with van der Waals surface area (Å²) in [7, 11) is 0. The van der Waals surface area contributed by atoms with Crippen molar-refractivity contribution in [1.29, 1.82) is 0 Å². The molecule has 2 aromatic rings. The van der Waals surface area contributed by atoms with E-state index < -0.39 is 0 Å². The molecule has 1 aliphatic heterocycles. The smallest absolute Gasteiger partial charge is 0.232 e. The molecule has 17 heavy (non-hydrogen) atoms. The van der Waals surface area contributed by atoms with Gasteiger partial charge in [0, 0.05) is 23.3 Å². The van der Waals surface area contributed by atoms with Crippen LogP contribution in [-0.2, 0) is 0 Å². The van der Waals surface area contributed by atoms with E-state index in [0.29, 0.717) is 11.7 Å². The molecule has 2 heterocycles. The van der Waals surface area contributed by atoms with Crippen molar-refractivity contribution in [2.24, 2.45) is 0 Å². The minimum Gasteiger partial charge on any atom is -0.287 e. The van der Waals surface area contributed by atoms with Crippen LogP contribution in [0, 0.1) is 0 Å². The van der Waals surface area contributed by atoms with Gasteiger partial charge in [-0.25, -0.2) is 0 Å². The molecule has 1 saturated heterocycles. The van der Waals surface area contributed by atoms with E-state index in [1.54, 1.807) is 4.57 Å². The monoisotopic (exact) mass is 245 g/mol. The minimum absolute atomic E-state index is 0.227. The molecule has 3 heteroatoms. The van der Waals surface area contributed by atoms with Gasteiger partial charge in [0.25, 0.3) is 0 Å². The molecule has 1 aliphatic rings. The van der Waals surface area contributed by atoms with Gasteiger partial charge in [-0.15, -0.1) is 0 Å². The fourth-order valence-corrected chi connectivity index (χ4v) is 3.66. The third-order valence-electron chi connectivity index (χ3n) is 3.29. The Morgan fingerprint density at radius 3 is 3.06 bits per heavy atom. The maximum absolute atomic E-state index is 12.2. The first-order chi connectivity index (χ1) is 8.34. The van der Waals surface area contributed by atoms with Crippen molar-refractivity contribution < 1.29 is 4.79 Å². The quantitative estimate of drug-likeness (QED) is 0.807. The van der Waals surface area contributed by atoms with Gasteiger partial charge in [0.1, 0.15) is 0 Å². The predicted molar refractivity (Wildman–Crippen MR) is 72.7 cm³/mol. The summed E-state index contributed by atoms with van der Waals surface area (Å²) in [6.45, 7) is 0. The summed E-state index contributed by atoms with van der Waals surface area (Å²) >= 11 is 1.94. The van der Waals surface area contributed by atoms with Gasteiger partial charge in [0.15, 0.2) is 0 Å². The molecular weight excluding hydrogens is 230 g/mol. The standard InChI is InChI=1S/C14H15NOS/c16-14(10-12-5-3-9-17-12)15-8-7-11-4-1-2-6-13(11)15/h1-2,4,6-8,12H,3,5,9-10H2. The minimum atomic E-state index is 0.227. The lowest BCUT2D eigenvalue weighted by Crippen LogP contribution is -2.14. The first-order valence-electron chi connectivity index (χ1n) is 6.05. The maximum atomic E-state index is 12.2. The lowest BCUT2D eigenvalue weighted by Gasteiger charge is -2.08. The Kier molecular flexibility index (Phi) is 2.93. The van der Waals surface area contributed by atoms with E-state index in [1.807, 2.05) is 48.3 Å². The number of nitrogens with zero attached hydrogens (tertiary/aromatic N) is 1. The zero-order valence-corrected chi connectivity index (χ0v) is 10.5. The molecule has 3 rings (SSSR count). The molecule has 1 aromatic carbocycles. The van der Waals surface area contributed by atoms with Gasteiger partial charge in [0.2, 0.25) is 5.91 Å².